The minimum Gasteiger partial charge on any atom is -0.303 e. The van der Waals surface area contributed by atoms with Gasteiger partial charge in [-0.05, 0) is 38.6 Å². The van der Waals surface area contributed by atoms with E-state index in [2.05, 4.69) is 37.8 Å². The molecule has 0 aromatic heterocycles. The first kappa shape index (κ1) is 9.97. The van der Waals surface area contributed by atoms with Crippen LogP contribution in [0.5, 0.6) is 0 Å². The summed E-state index contributed by atoms with van der Waals surface area (Å²) in [5, 5.41) is 0. The predicted octanol–water partition coefficient (Wildman–Crippen LogP) is 2.85. The molecule has 0 aromatic carbocycles. The van der Waals surface area contributed by atoms with Gasteiger partial charge in [0.25, 0.3) is 0 Å². The number of hydrogen-bond donors (Lipinski definition) is 0. The highest BCUT2D eigenvalue weighted by Crippen LogP contribution is 2.33. The van der Waals surface area contributed by atoms with E-state index in [1.165, 1.54) is 31.6 Å². The smallest absolute Gasteiger partial charge is 0.00277 e. The molecule has 1 aliphatic carbocycles. The molecule has 1 fully saturated rings. The van der Waals surface area contributed by atoms with Gasteiger partial charge in [-0.15, -0.1) is 0 Å². The summed E-state index contributed by atoms with van der Waals surface area (Å²) in [6.07, 6.45) is 6.04. The Morgan fingerprint density at radius 1 is 1.36 bits per heavy atom. The van der Waals surface area contributed by atoms with Gasteiger partial charge in [-0.25, -0.2) is 0 Å². The second-order valence-electron chi connectivity index (χ2n) is 4.80. The Kier molecular flexibility index (Phi) is 2.78. The molecule has 0 spiro atoms. The average Bonchev–Trinajstić information content (AvgIpc) is 2.09. The highest BCUT2D eigenvalue weighted by atomic mass is 15.2. The van der Waals surface area contributed by atoms with Crippen LogP contribution in [-0.4, -0.2) is 24.5 Å². The summed E-state index contributed by atoms with van der Waals surface area (Å²) in [6, 6.07) is 0. The summed E-state index contributed by atoms with van der Waals surface area (Å²) >= 11 is 0. The van der Waals surface area contributed by atoms with Crippen molar-refractivity contribution in [2.75, 3.05) is 19.6 Å². The van der Waals surface area contributed by atoms with Gasteiger partial charge in [-0.3, -0.25) is 0 Å². The first-order chi connectivity index (χ1) is 6.70. The van der Waals surface area contributed by atoms with Crippen LogP contribution >= 0.6 is 0 Å². The Balaban J connectivity index is 1.89. The number of rotatable bonds is 2. The molecule has 0 saturated carbocycles. The molecule has 1 aliphatic heterocycles. The van der Waals surface area contributed by atoms with E-state index >= 15 is 0 Å². The second-order valence-corrected chi connectivity index (χ2v) is 4.80. The lowest BCUT2D eigenvalue weighted by Crippen LogP contribution is -2.49. The fourth-order valence-corrected chi connectivity index (χ4v) is 2.46. The Bertz CT molecular complexity index is 269. The average molecular weight is 191 g/mol. The minimum absolute atomic E-state index is 0.821. The van der Waals surface area contributed by atoms with Crippen molar-refractivity contribution >= 4 is 0 Å². The van der Waals surface area contributed by atoms with Gasteiger partial charge < -0.3 is 4.90 Å². The molecular weight excluding hydrogens is 170 g/mol. The quantitative estimate of drug-likeness (QED) is 0.648. The van der Waals surface area contributed by atoms with Crippen LogP contribution in [-0.2, 0) is 0 Å². The molecule has 78 valence electrons. The minimum atomic E-state index is 0.821. The second kappa shape index (κ2) is 3.90. The lowest BCUT2D eigenvalue weighted by atomic mass is 9.78. The summed E-state index contributed by atoms with van der Waals surface area (Å²) < 4.78 is 0. The van der Waals surface area contributed by atoms with Gasteiger partial charge in [0, 0.05) is 13.1 Å². The first-order valence-electron chi connectivity index (χ1n) is 5.77. The maximum absolute atomic E-state index is 2.53. The standard InChI is InChI=1S/C13H21N/c1-4-14-8-13(9-14)12-6-5-10(2)11(3)7-12/h5-6,12-13H,4,7-9H2,1-3H3. The molecule has 1 unspecified atom stereocenters. The maximum atomic E-state index is 2.53. The van der Waals surface area contributed by atoms with Crippen molar-refractivity contribution in [2.45, 2.75) is 27.2 Å². The Morgan fingerprint density at radius 3 is 2.64 bits per heavy atom. The summed E-state index contributed by atoms with van der Waals surface area (Å²) in [5.41, 5.74) is 3.07. The monoisotopic (exact) mass is 191 g/mol. The van der Waals surface area contributed by atoms with Crippen LogP contribution in [0.4, 0.5) is 0 Å². The van der Waals surface area contributed by atoms with Crippen LogP contribution in [0.1, 0.15) is 27.2 Å². The predicted molar refractivity (Wildman–Crippen MR) is 61.2 cm³/mol. The van der Waals surface area contributed by atoms with E-state index in [1.54, 1.807) is 5.57 Å². The van der Waals surface area contributed by atoms with E-state index < -0.39 is 0 Å². The number of hydrogen-bond acceptors (Lipinski definition) is 1. The number of nitrogens with zero attached hydrogens (tertiary/aromatic N) is 1. The molecule has 0 bridgehead atoms. The molecule has 0 N–H and O–H groups in total. The van der Waals surface area contributed by atoms with Crippen molar-refractivity contribution in [3.63, 3.8) is 0 Å². The molecule has 0 amide bonds. The highest BCUT2D eigenvalue weighted by Gasteiger charge is 2.31. The summed E-state index contributed by atoms with van der Waals surface area (Å²) in [7, 11) is 0. The van der Waals surface area contributed by atoms with Crippen molar-refractivity contribution in [2.24, 2.45) is 11.8 Å². The largest absolute Gasteiger partial charge is 0.303 e. The third-order valence-electron chi connectivity index (χ3n) is 3.85. The third-order valence-corrected chi connectivity index (χ3v) is 3.85. The van der Waals surface area contributed by atoms with Gasteiger partial charge in [0.15, 0.2) is 0 Å². The van der Waals surface area contributed by atoms with E-state index in [0.717, 1.165) is 11.8 Å². The zero-order valence-electron chi connectivity index (χ0n) is 9.59. The molecule has 2 aliphatic rings. The number of allylic oxidation sites excluding steroid dienone is 4. The van der Waals surface area contributed by atoms with E-state index in [-0.39, 0.29) is 0 Å². The zero-order valence-corrected chi connectivity index (χ0v) is 9.59. The lowest BCUT2D eigenvalue weighted by Gasteiger charge is -2.43. The van der Waals surface area contributed by atoms with Crippen molar-refractivity contribution in [3.05, 3.63) is 23.3 Å². The van der Waals surface area contributed by atoms with Gasteiger partial charge >= 0.3 is 0 Å². The third kappa shape index (κ3) is 1.78. The molecule has 0 aromatic rings. The van der Waals surface area contributed by atoms with Crippen LogP contribution in [0.15, 0.2) is 23.3 Å². The Morgan fingerprint density at radius 2 is 2.07 bits per heavy atom. The molecule has 1 heteroatoms. The highest BCUT2D eigenvalue weighted by molar-refractivity contribution is 5.28. The van der Waals surface area contributed by atoms with Crippen molar-refractivity contribution in [3.8, 4) is 0 Å². The van der Waals surface area contributed by atoms with Crippen LogP contribution in [0.3, 0.4) is 0 Å². The maximum Gasteiger partial charge on any atom is 0.00277 e. The van der Waals surface area contributed by atoms with Gasteiger partial charge in [0.2, 0.25) is 0 Å². The normalized spacial score (nSPS) is 29.5. The molecule has 1 heterocycles. The van der Waals surface area contributed by atoms with Crippen molar-refractivity contribution in [1.29, 1.82) is 0 Å². The van der Waals surface area contributed by atoms with Crippen LogP contribution in [0, 0.1) is 11.8 Å². The lowest BCUT2D eigenvalue weighted by molar-refractivity contribution is 0.0771. The topological polar surface area (TPSA) is 3.24 Å². The van der Waals surface area contributed by atoms with Crippen molar-refractivity contribution < 1.29 is 0 Å². The van der Waals surface area contributed by atoms with Crippen LogP contribution in [0.2, 0.25) is 0 Å². The van der Waals surface area contributed by atoms with Gasteiger partial charge in [0.1, 0.15) is 0 Å². The van der Waals surface area contributed by atoms with Gasteiger partial charge in [-0.2, -0.15) is 0 Å². The van der Waals surface area contributed by atoms with E-state index in [9.17, 15) is 0 Å². The van der Waals surface area contributed by atoms with E-state index in [1.807, 2.05) is 0 Å². The fourth-order valence-electron chi connectivity index (χ4n) is 2.46. The molecule has 1 nitrogen and oxygen atoms in total. The van der Waals surface area contributed by atoms with Crippen LogP contribution in [0.25, 0.3) is 0 Å². The Hall–Kier alpha value is -0.560. The molecule has 1 atom stereocenters. The molecule has 0 radical (unpaired) electrons. The van der Waals surface area contributed by atoms with Gasteiger partial charge in [-0.1, -0.05) is 30.2 Å². The van der Waals surface area contributed by atoms with Gasteiger partial charge in [0.05, 0.1) is 0 Å². The van der Waals surface area contributed by atoms with E-state index in [0.29, 0.717) is 0 Å². The molecule has 1 saturated heterocycles. The Labute approximate surface area is 87.5 Å². The number of likely N-dealkylation sites (tertiary alicyclic amines) is 1. The summed E-state index contributed by atoms with van der Waals surface area (Å²) in [4.78, 5) is 2.53. The van der Waals surface area contributed by atoms with Crippen LogP contribution < -0.4 is 0 Å². The van der Waals surface area contributed by atoms with E-state index in [4.69, 9.17) is 0 Å². The fraction of sp³-hybridized carbons (Fsp3) is 0.692. The summed E-state index contributed by atoms with van der Waals surface area (Å²) in [5.74, 6) is 1.75. The molecule has 2 rings (SSSR count). The molecule has 14 heavy (non-hydrogen) atoms. The summed E-state index contributed by atoms with van der Waals surface area (Å²) in [6.45, 7) is 10.6. The SMILES string of the molecule is CCN1CC(C2C=CC(C)=C(C)C2)C1. The first-order valence-corrected chi connectivity index (χ1v) is 5.77. The van der Waals surface area contributed by atoms with Crippen molar-refractivity contribution in [1.82, 2.24) is 4.90 Å². The zero-order chi connectivity index (χ0) is 10.1. The molecular formula is C13H21N.